The molecule has 0 aliphatic rings. The van der Waals surface area contributed by atoms with E-state index >= 15 is 0 Å². The van der Waals surface area contributed by atoms with Crippen LogP contribution in [0.2, 0.25) is 0 Å². The third-order valence-corrected chi connectivity index (χ3v) is 10.4. The van der Waals surface area contributed by atoms with Crippen LogP contribution in [0.15, 0.2) is 48.6 Å². The number of ether oxygens (including phenoxy) is 2. The summed E-state index contributed by atoms with van der Waals surface area (Å²) in [5.74, 6) is -1.05. The molecule has 0 aliphatic carbocycles. The summed E-state index contributed by atoms with van der Waals surface area (Å²) in [6, 6.07) is 0. The smallest absolute Gasteiger partial charge is 0.462 e. The van der Waals surface area contributed by atoms with Crippen molar-refractivity contribution in [3.8, 4) is 0 Å². The standard InChI is InChI=1S/C45H82NO10P/c1-3-5-7-8-9-10-11-12-13-14-15-16-17-18-22-25-29-35-44(49)53-39-43(40-55-57(51,52)54-38-37-46)56-45(50)36-30-34-42(48)33-28-24-21-19-20-23-27-32-41(47)31-26-6-4-2/h20-21,23-24,27-28,32-33,41-43,47-48H,3-19,22,25-26,29-31,34-40,46H2,1-2H3,(H,51,52)/b23-20-,24-21-,32-27+,33-28+/t41-,42-,43-/m1/s1. The molecule has 12 heteroatoms. The lowest BCUT2D eigenvalue weighted by molar-refractivity contribution is -0.161. The SMILES string of the molecule is CCCCCCCCCCCCCCCCCCCC(=O)OC[C@H](COP(=O)(O)OCCN)OC(=O)CCC[C@H](O)/C=C/C=C\C/C=C\C=C\[C@H](O)CCCCC. The molecular formula is C45H82NO10P. The summed E-state index contributed by atoms with van der Waals surface area (Å²) < 4.78 is 32.6. The second-order valence-electron chi connectivity index (χ2n) is 15.0. The van der Waals surface area contributed by atoms with Gasteiger partial charge < -0.3 is 30.3 Å². The van der Waals surface area contributed by atoms with Gasteiger partial charge in [0.05, 0.1) is 25.4 Å². The van der Waals surface area contributed by atoms with Crippen molar-refractivity contribution < 1.29 is 47.8 Å². The monoisotopic (exact) mass is 828 g/mol. The molecule has 57 heavy (non-hydrogen) atoms. The van der Waals surface area contributed by atoms with E-state index in [2.05, 4.69) is 13.8 Å². The minimum absolute atomic E-state index is 0.0155. The fraction of sp³-hybridized carbons (Fsp3) is 0.778. The Hall–Kier alpha value is -2.11. The van der Waals surface area contributed by atoms with Gasteiger partial charge in [0, 0.05) is 19.4 Å². The number of hydrogen-bond donors (Lipinski definition) is 4. The van der Waals surface area contributed by atoms with Crippen LogP contribution < -0.4 is 5.73 Å². The van der Waals surface area contributed by atoms with Gasteiger partial charge in [0.1, 0.15) is 6.61 Å². The average Bonchev–Trinajstić information content (AvgIpc) is 3.18. The van der Waals surface area contributed by atoms with E-state index in [0.29, 0.717) is 25.7 Å². The van der Waals surface area contributed by atoms with E-state index in [-0.39, 0.29) is 32.6 Å². The molecule has 5 N–H and O–H groups in total. The van der Waals surface area contributed by atoms with Crippen molar-refractivity contribution in [2.75, 3.05) is 26.4 Å². The van der Waals surface area contributed by atoms with Crippen LogP contribution in [0, 0.1) is 0 Å². The quantitative estimate of drug-likeness (QED) is 0.0200. The number of carbonyl (C=O) groups is 2. The summed E-state index contributed by atoms with van der Waals surface area (Å²) in [4.78, 5) is 34.9. The Balaban J connectivity index is 4.36. The minimum atomic E-state index is -4.44. The lowest BCUT2D eigenvalue weighted by Crippen LogP contribution is -2.29. The summed E-state index contributed by atoms with van der Waals surface area (Å²) >= 11 is 0. The van der Waals surface area contributed by atoms with Crippen molar-refractivity contribution in [2.24, 2.45) is 5.73 Å². The van der Waals surface area contributed by atoms with Crippen molar-refractivity contribution in [2.45, 2.75) is 199 Å². The van der Waals surface area contributed by atoms with Crippen LogP contribution in [0.5, 0.6) is 0 Å². The zero-order chi connectivity index (χ0) is 42.1. The normalized spacial score (nSPS) is 14.8. The molecule has 0 spiro atoms. The van der Waals surface area contributed by atoms with Crippen molar-refractivity contribution in [1.29, 1.82) is 0 Å². The summed E-state index contributed by atoms with van der Waals surface area (Å²) in [6.45, 7) is 3.37. The van der Waals surface area contributed by atoms with E-state index in [0.717, 1.165) is 44.9 Å². The molecule has 0 bridgehead atoms. The van der Waals surface area contributed by atoms with Crippen LogP contribution in [-0.4, -0.2) is 71.7 Å². The number of phosphoric ester groups is 1. The molecule has 0 saturated carbocycles. The van der Waals surface area contributed by atoms with E-state index in [1.807, 2.05) is 30.4 Å². The maximum absolute atomic E-state index is 12.6. The Morgan fingerprint density at radius 1 is 0.596 bits per heavy atom. The molecule has 11 nitrogen and oxygen atoms in total. The van der Waals surface area contributed by atoms with Gasteiger partial charge in [0.2, 0.25) is 0 Å². The zero-order valence-corrected chi connectivity index (χ0v) is 36.7. The molecule has 0 aliphatic heterocycles. The van der Waals surface area contributed by atoms with Crippen molar-refractivity contribution in [3.63, 3.8) is 0 Å². The van der Waals surface area contributed by atoms with Gasteiger partial charge in [0.15, 0.2) is 6.10 Å². The van der Waals surface area contributed by atoms with E-state index in [1.165, 1.54) is 83.5 Å². The highest BCUT2D eigenvalue weighted by Crippen LogP contribution is 2.43. The van der Waals surface area contributed by atoms with Crippen LogP contribution in [0.1, 0.15) is 181 Å². The van der Waals surface area contributed by atoms with E-state index < -0.39 is 44.7 Å². The van der Waals surface area contributed by atoms with E-state index in [1.54, 1.807) is 18.2 Å². The highest BCUT2D eigenvalue weighted by molar-refractivity contribution is 7.47. The van der Waals surface area contributed by atoms with E-state index in [4.69, 9.17) is 24.3 Å². The van der Waals surface area contributed by atoms with Gasteiger partial charge >= 0.3 is 19.8 Å². The first-order chi connectivity index (χ1) is 27.6. The number of unbranched alkanes of at least 4 members (excludes halogenated alkanes) is 18. The highest BCUT2D eigenvalue weighted by atomic mass is 31.2. The summed E-state index contributed by atoms with van der Waals surface area (Å²) in [5, 5.41) is 20.2. The fourth-order valence-corrected chi connectivity index (χ4v) is 6.79. The lowest BCUT2D eigenvalue weighted by Gasteiger charge is -2.20. The second kappa shape index (κ2) is 40.7. The molecule has 0 aromatic carbocycles. The number of hydrogen-bond acceptors (Lipinski definition) is 10. The van der Waals surface area contributed by atoms with Crippen molar-refractivity contribution in [1.82, 2.24) is 0 Å². The predicted octanol–water partition coefficient (Wildman–Crippen LogP) is 10.7. The Kier molecular flexibility index (Phi) is 39.2. The van der Waals surface area contributed by atoms with Gasteiger partial charge in [0.25, 0.3) is 0 Å². The van der Waals surface area contributed by atoms with Crippen LogP contribution in [0.25, 0.3) is 0 Å². The minimum Gasteiger partial charge on any atom is -0.462 e. The first-order valence-corrected chi connectivity index (χ1v) is 23.8. The number of rotatable bonds is 41. The average molecular weight is 828 g/mol. The molecule has 0 aromatic heterocycles. The predicted molar refractivity (Wildman–Crippen MR) is 232 cm³/mol. The van der Waals surface area contributed by atoms with Gasteiger partial charge in [-0.05, 0) is 32.1 Å². The molecular weight excluding hydrogens is 745 g/mol. The molecule has 0 amide bonds. The summed E-state index contributed by atoms with van der Waals surface area (Å²) in [6.07, 6.45) is 39.2. The van der Waals surface area contributed by atoms with Crippen LogP contribution in [0.4, 0.5) is 0 Å². The highest BCUT2D eigenvalue weighted by Gasteiger charge is 2.26. The molecule has 0 rings (SSSR count). The Morgan fingerprint density at radius 3 is 1.56 bits per heavy atom. The molecule has 332 valence electrons. The molecule has 1 unspecified atom stereocenters. The molecule has 0 heterocycles. The fourth-order valence-electron chi connectivity index (χ4n) is 6.03. The summed E-state index contributed by atoms with van der Waals surface area (Å²) in [7, 11) is -4.44. The maximum Gasteiger partial charge on any atom is 0.472 e. The first kappa shape index (κ1) is 54.9. The van der Waals surface area contributed by atoms with Crippen LogP contribution >= 0.6 is 7.82 Å². The van der Waals surface area contributed by atoms with Gasteiger partial charge in [-0.25, -0.2) is 4.57 Å². The molecule has 0 radical (unpaired) electrons. The third-order valence-electron chi connectivity index (χ3n) is 9.43. The number of esters is 2. The number of aliphatic hydroxyl groups excluding tert-OH is 2. The van der Waals surface area contributed by atoms with Crippen LogP contribution in [-0.2, 0) is 32.7 Å². The number of allylic oxidation sites excluding steroid dienone is 6. The Morgan fingerprint density at radius 2 is 1.05 bits per heavy atom. The molecule has 0 aromatic rings. The van der Waals surface area contributed by atoms with Crippen molar-refractivity contribution >= 4 is 19.8 Å². The van der Waals surface area contributed by atoms with Gasteiger partial charge in [-0.1, -0.05) is 184 Å². The second-order valence-corrected chi connectivity index (χ2v) is 16.4. The topological polar surface area (TPSA) is 175 Å². The number of carbonyl (C=O) groups excluding carboxylic acids is 2. The largest absolute Gasteiger partial charge is 0.472 e. The number of nitrogens with two attached hydrogens (primary N) is 1. The lowest BCUT2D eigenvalue weighted by atomic mass is 10.0. The van der Waals surface area contributed by atoms with Crippen molar-refractivity contribution in [3.05, 3.63) is 48.6 Å². The third kappa shape index (κ3) is 40.5. The van der Waals surface area contributed by atoms with Gasteiger partial charge in [-0.2, -0.15) is 0 Å². The van der Waals surface area contributed by atoms with Gasteiger partial charge in [-0.15, -0.1) is 0 Å². The number of aliphatic hydroxyl groups is 2. The van der Waals surface area contributed by atoms with E-state index in [9.17, 15) is 29.3 Å². The Labute approximate surface area is 346 Å². The Bertz CT molecular complexity index is 1110. The molecule has 0 fully saturated rings. The summed E-state index contributed by atoms with van der Waals surface area (Å²) in [5.41, 5.74) is 5.33. The number of phosphoric acid groups is 1. The first-order valence-electron chi connectivity index (χ1n) is 22.3. The maximum atomic E-state index is 12.6. The molecule has 4 atom stereocenters. The van der Waals surface area contributed by atoms with Crippen LogP contribution in [0.3, 0.4) is 0 Å². The molecule has 0 saturated heterocycles. The van der Waals surface area contributed by atoms with Gasteiger partial charge in [-0.3, -0.25) is 18.6 Å². The zero-order valence-electron chi connectivity index (χ0n) is 35.8.